The van der Waals surface area contributed by atoms with Crippen LogP contribution in [0, 0.1) is 5.92 Å². The molecule has 0 saturated heterocycles. The Kier molecular flexibility index (Phi) is 11.2. The van der Waals surface area contributed by atoms with Crippen LogP contribution < -0.4 is 19.1 Å². The third-order valence-electron chi connectivity index (χ3n) is 6.55. The van der Waals surface area contributed by atoms with Crippen molar-refractivity contribution in [3.05, 3.63) is 84.4 Å². The van der Waals surface area contributed by atoms with Crippen LogP contribution in [-0.2, 0) is 26.2 Å². The topological polar surface area (TPSA) is 105 Å². The highest BCUT2D eigenvalue weighted by molar-refractivity contribution is 7.92. The van der Waals surface area contributed by atoms with Crippen LogP contribution in [0.1, 0.15) is 32.8 Å². The van der Waals surface area contributed by atoms with Gasteiger partial charge in [0.2, 0.25) is 11.8 Å². The zero-order valence-corrected chi connectivity index (χ0v) is 25.1. The lowest BCUT2D eigenvalue weighted by Crippen LogP contribution is -2.52. The zero-order valence-electron chi connectivity index (χ0n) is 24.2. The maximum Gasteiger partial charge on any atom is 0.264 e. The van der Waals surface area contributed by atoms with E-state index in [4.69, 9.17) is 9.47 Å². The first-order chi connectivity index (χ1) is 19.6. The number of hydrogen-bond donors (Lipinski definition) is 1. The molecule has 0 saturated carbocycles. The molecule has 0 aliphatic carbocycles. The standard InChI is InChI=1S/C31H39N3O6S/c1-6-29(31(36)32-20-23(2)3)33(21-24-12-16-26(39-4)17-13-24)30(35)22-34(25-14-18-27(40-5)19-15-25)41(37,38)28-10-8-7-9-11-28/h7-19,23,29H,6,20-22H2,1-5H3,(H,32,36). The van der Waals surface area contributed by atoms with E-state index in [0.717, 1.165) is 9.87 Å². The largest absolute Gasteiger partial charge is 0.497 e. The van der Waals surface area contributed by atoms with Crippen molar-refractivity contribution in [3.63, 3.8) is 0 Å². The van der Waals surface area contributed by atoms with Crippen molar-refractivity contribution in [2.45, 2.75) is 44.7 Å². The summed E-state index contributed by atoms with van der Waals surface area (Å²) in [6.07, 6.45) is 0.347. The van der Waals surface area contributed by atoms with Crippen molar-refractivity contribution < 1.29 is 27.5 Å². The molecular formula is C31H39N3O6S. The summed E-state index contributed by atoms with van der Waals surface area (Å²) in [6, 6.07) is 20.8. The predicted octanol–water partition coefficient (Wildman–Crippen LogP) is 4.48. The fourth-order valence-corrected chi connectivity index (χ4v) is 5.70. The van der Waals surface area contributed by atoms with E-state index in [-0.39, 0.29) is 23.3 Å². The van der Waals surface area contributed by atoms with E-state index in [1.807, 2.05) is 32.9 Å². The molecule has 0 radical (unpaired) electrons. The van der Waals surface area contributed by atoms with Gasteiger partial charge < -0.3 is 19.7 Å². The number of carbonyl (C=O) groups excluding carboxylic acids is 2. The van der Waals surface area contributed by atoms with Gasteiger partial charge in [0, 0.05) is 13.1 Å². The van der Waals surface area contributed by atoms with Gasteiger partial charge in [0.1, 0.15) is 24.1 Å². The quantitative estimate of drug-likeness (QED) is 0.301. The number of sulfonamides is 1. The monoisotopic (exact) mass is 581 g/mol. The minimum atomic E-state index is -4.13. The second kappa shape index (κ2) is 14.5. The number of nitrogens with one attached hydrogen (secondary N) is 1. The van der Waals surface area contributed by atoms with Crippen LogP contribution in [0.25, 0.3) is 0 Å². The summed E-state index contributed by atoms with van der Waals surface area (Å²) in [7, 11) is -1.05. The Bertz CT molecular complexity index is 1380. The van der Waals surface area contributed by atoms with Crippen LogP contribution in [0.4, 0.5) is 5.69 Å². The molecule has 0 heterocycles. The molecule has 9 nitrogen and oxygen atoms in total. The molecule has 0 fully saturated rings. The van der Waals surface area contributed by atoms with Crippen LogP contribution in [0.15, 0.2) is 83.8 Å². The molecule has 0 aliphatic heterocycles. The van der Waals surface area contributed by atoms with Gasteiger partial charge in [-0.25, -0.2) is 8.42 Å². The number of hydrogen-bond acceptors (Lipinski definition) is 6. The second-order valence-corrected chi connectivity index (χ2v) is 11.8. The van der Waals surface area contributed by atoms with Gasteiger partial charge in [0.15, 0.2) is 0 Å². The summed E-state index contributed by atoms with van der Waals surface area (Å²) in [6.45, 7) is 5.87. The highest BCUT2D eigenvalue weighted by Gasteiger charge is 2.33. The normalized spacial score (nSPS) is 12.0. The summed E-state index contributed by atoms with van der Waals surface area (Å²) in [5, 5.41) is 2.93. The number of anilines is 1. The van der Waals surface area contributed by atoms with Crippen molar-refractivity contribution >= 4 is 27.5 Å². The lowest BCUT2D eigenvalue weighted by Gasteiger charge is -2.33. The van der Waals surface area contributed by atoms with Crippen molar-refractivity contribution in [2.24, 2.45) is 5.92 Å². The van der Waals surface area contributed by atoms with Crippen molar-refractivity contribution in [1.82, 2.24) is 10.2 Å². The van der Waals surface area contributed by atoms with Crippen LogP contribution in [-0.4, -0.2) is 58.5 Å². The molecule has 3 rings (SSSR count). The smallest absolute Gasteiger partial charge is 0.264 e. The number of nitrogens with zero attached hydrogens (tertiary/aromatic N) is 2. The maximum atomic E-state index is 14.1. The Balaban J connectivity index is 2.03. The average Bonchev–Trinajstić information content (AvgIpc) is 2.99. The van der Waals surface area contributed by atoms with Gasteiger partial charge in [-0.2, -0.15) is 0 Å². The number of methoxy groups -OCH3 is 2. The third kappa shape index (κ3) is 8.23. The highest BCUT2D eigenvalue weighted by atomic mass is 32.2. The Hall–Kier alpha value is -4.05. The fraction of sp³-hybridized carbons (Fsp3) is 0.355. The van der Waals surface area contributed by atoms with E-state index in [9.17, 15) is 18.0 Å². The van der Waals surface area contributed by atoms with Crippen molar-refractivity contribution in [3.8, 4) is 11.5 Å². The Morgan fingerprint density at radius 3 is 1.93 bits per heavy atom. The SMILES string of the molecule is CCC(C(=O)NCC(C)C)N(Cc1ccc(OC)cc1)C(=O)CN(c1ccc(OC)cc1)S(=O)(=O)c1ccccc1. The Morgan fingerprint density at radius 2 is 1.41 bits per heavy atom. The molecule has 1 N–H and O–H groups in total. The lowest BCUT2D eigenvalue weighted by molar-refractivity contribution is -0.140. The van der Waals surface area contributed by atoms with Gasteiger partial charge in [-0.05, 0) is 66.4 Å². The summed E-state index contributed by atoms with van der Waals surface area (Å²) in [5.41, 5.74) is 1.07. The molecule has 1 atom stereocenters. The third-order valence-corrected chi connectivity index (χ3v) is 8.34. The van der Waals surface area contributed by atoms with E-state index in [1.54, 1.807) is 61.7 Å². The van der Waals surface area contributed by atoms with Crippen LogP contribution in [0.3, 0.4) is 0 Å². The maximum absolute atomic E-state index is 14.1. The molecule has 3 aromatic rings. The van der Waals surface area contributed by atoms with Gasteiger partial charge in [-0.1, -0.05) is 51.1 Å². The van der Waals surface area contributed by atoms with Gasteiger partial charge in [0.05, 0.1) is 24.8 Å². The van der Waals surface area contributed by atoms with Crippen molar-refractivity contribution in [1.29, 1.82) is 0 Å². The summed E-state index contributed by atoms with van der Waals surface area (Å²) in [5.74, 6) is 0.635. The fourth-order valence-electron chi connectivity index (χ4n) is 4.27. The van der Waals surface area contributed by atoms with E-state index in [0.29, 0.717) is 30.2 Å². The van der Waals surface area contributed by atoms with Gasteiger partial charge in [-0.15, -0.1) is 0 Å². The van der Waals surface area contributed by atoms with Crippen LogP contribution in [0.5, 0.6) is 11.5 Å². The summed E-state index contributed by atoms with van der Waals surface area (Å²) in [4.78, 5) is 28.9. The number of ether oxygens (including phenoxy) is 2. The van der Waals surface area contributed by atoms with E-state index in [1.165, 1.54) is 24.1 Å². The second-order valence-electron chi connectivity index (χ2n) is 9.96. The summed E-state index contributed by atoms with van der Waals surface area (Å²) < 4.78 is 39.3. The van der Waals surface area contributed by atoms with E-state index >= 15 is 0 Å². The Labute approximate surface area is 243 Å². The molecule has 41 heavy (non-hydrogen) atoms. The average molecular weight is 582 g/mol. The molecule has 2 amide bonds. The minimum absolute atomic E-state index is 0.0482. The molecule has 0 bridgehead atoms. The molecule has 0 aliphatic rings. The highest BCUT2D eigenvalue weighted by Crippen LogP contribution is 2.27. The van der Waals surface area contributed by atoms with Gasteiger partial charge >= 0.3 is 0 Å². The van der Waals surface area contributed by atoms with Crippen LogP contribution >= 0.6 is 0 Å². The van der Waals surface area contributed by atoms with Crippen LogP contribution in [0.2, 0.25) is 0 Å². The van der Waals surface area contributed by atoms with E-state index < -0.39 is 28.5 Å². The molecule has 1 unspecified atom stereocenters. The molecule has 3 aromatic carbocycles. The minimum Gasteiger partial charge on any atom is -0.497 e. The molecule has 220 valence electrons. The first kappa shape index (κ1) is 31.5. The molecule has 0 aromatic heterocycles. The van der Waals surface area contributed by atoms with Gasteiger partial charge in [0.25, 0.3) is 10.0 Å². The van der Waals surface area contributed by atoms with Crippen molar-refractivity contribution in [2.75, 3.05) is 31.6 Å². The van der Waals surface area contributed by atoms with E-state index in [2.05, 4.69) is 5.32 Å². The number of benzene rings is 3. The first-order valence-electron chi connectivity index (χ1n) is 13.5. The van der Waals surface area contributed by atoms with Gasteiger partial charge in [-0.3, -0.25) is 13.9 Å². The Morgan fingerprint density at radius 1 is 0.854 bits per heavy atom. The lowest BCUT2D eigenvalue weighted by atomic mass is 10.1. The predicted molar refractivity (Wildman–Crippen MR) is 159 cm³/mol. The molecule has 10 heteroatoms. The molecule has 0 spiro atoms. The summed E-state index contributed by atoms with van der Waals surface area (Å²) >= 11 is 0. The number of amides is 2. The number of carbonyl (C=O) groups is 2. The molecular weight excluding hydrogens is 542 g/mol. The zero-order chi connectivity index (χ0) is 30.0. The number of rotatable bonds is 14. The first-order valence-corrected chi connectivity index (χ1v) is 15.0.